The summed E-state index contributed by atoms with van der Waals surface area (Å²) >= 11 is 0. The quantitative estimate of drug-likeness (QED) is 0.183. The highest BCUT2D eigenvalue weighted by atomic mass is 15.0. The Morgan fingerprint density at radius 1 is 0.500 bits per heavy atom. The van der Waals surface area contributed by atoms with Crippen LogP contribution < -0.4 is 0 Å². The second-order valence-electron chi connectivity index (χ2n) is 11.9. The van der Waals surface area contributed by atoms with Gasteiger partial charge in [0.15, 0.2) is 5.69 Å². The first-order chi connectivity index (χ1) is 23.7. The Balaban J connectivity index is 1.24. The lowest BCUT2D eigenvalue weighted by atomic mass is 9.96. The van der Waals surface area contributed by atoms with Gasteiger partial charge in [0.2, 0.25) is 0 Å². The van der Waals surface area contributed by atoms with Crippen LogP contribution >= 0.6 is 0 Å². The summed E-state index contributed by atoms with van der Waals surface area (Å²) in [6, 6.07) is 56.6. The van der Waals surface area contributed by atoms with Crippen LogP contribution in [0.4, 0.5) is 5.69 Å². The van der Waals surface area contributed by atoms with E-state index < -0.39 is 0 Å². The topological polar surface area (TPSA) is 38.0 Å². The molecule has 0 aliphatic rings. The van der Waals surface area contributed by atoms with Gasteiger partial charge in [0, 0.05) is 32.8 Å². The molecule has 0 spiro atoms. The Morgan fingerprint density at radius 3 is 1.79 bits per heavy atom. The molecule has 9 rings (SSSR count). The number of hydrogen-bond donors (Lipinski definition) is 0. The molecular weight excluding hydrogens is 585 g/mol. The highest BCUT2D eigenvalue weighted by Gasteiger charge is 2.18. The van der Waals surface area contributed by atoms with Gasteiger partial charge in [-0.25, -0.2) is 4.85 Å². The number of hydrogen-bond acceptors (Lipinski definition) is 1. The summed E-state index contributed by atoms with van der Waals surface area (Å²) in [6.07, 6.45) is 0. The lowest BCUT2D eigenvalue weighted by molar-refractivity contribution is 1.18. The zero-order valence-electron chi connectivity index (χ0n) is 25.8. The van der Waals surface area contributed by atoms with Gasteiger partial charge in [-0.15, -0.1) is 0 Å². The minimum absolute atomic E-state index is 0.608. The number of aromatic nitrogens is 2. The van der Waals surface area contributed by atoms with Crippen LogP contribution in [-0.4, -0.2) is 9.13 Å². The molecule has 222 valence electrons. The summed E-state index contributed by atoms with van der Waals surface area (Å²) in [5.74, 6) is 0. The normalized spacial score (nSPS) is 11.3. The maximum atomic E-state index is 9.99. The average molecular weight is 611 g/mol. The third-order valence-electron chi connectivity index (χ3n) is 9.39. The van der Waals surface area contributed by atoms with Crippen molar-refractivity contribution < 1.29 is 0 Å². The van der Waals surface area contributed by atoms with Crippen molar-refractivity contribution in [2.45, 2.75) is 0 Å². The van der Waals surface area contributed by atoms with E-state index in [0.29, 0.717) is 11.3 Å². The smallest absolute Gasteiger partial charge is 0.195 e. The first-order valence-corrected chi connectivity index (χ1v) is 15.9. The van der Waals surface area contributed by atoms with Gasteiger partial charge >= 0.3 is 0 Å². The van der Waals surface area contributed by atoms with E-state index in [2.05, 4.69) is 141 Å². The molecule has 7 aromatic carbocycles. The molecule has 0 saturated carbocycles. The minimum atomic E-state index is 0.608. The summed E-state index contributed by atoms with van der Waals surface area (Å²) < 4.78 is 4.56. The highest BCUT2D eigenvalue weighted by Crippen LogP contribution is 2.40. The van der Waals surface area contributed by atoms with Gasteiger partial charge in [-0.3, -0.25) is 0 Å². The maximum absolute atomic E-state index is 9.99. The standard InChI is InChI=1S/C44H26N4/c1-46-38-25-24-32(47-40-20-7-3-16-34(40)35-17-4-8-21-41(35)47)27-37(38)30-13-10-12-29(26-30)33-15-2-6-19-39(33)48-42-22-9-5-18-36(42)44-31(28-45)14-11-23-43(44)48/h2-27H. The number of fused-ring (bicyclic) bond motifs is 6. The number of para-hydroxylation sites is 4. The predicted octanol–water partition coefficient (Wildman–Crippen LogP) is 11.6. The summed E-state index contributed by atoms with van der Waals surface area (Å²) in [5, 5.41) is 14.4. The molecule has 0 aliphatic heterocycles. The molecule has 0 aliphatic carbocycles. The average Bonchev–Trinajstić information content (AvgIpc) is 3.68. The second-order valence-corrected chi connectivity index (χ2v) is 11.9. The Bertz CT molecular complexity index is 2760. The lowest BCUT2D eigenvalue weighted by Crippen LogP contribution is -1.97. The largest absolute Gasteiger partial charge is 0.309 e. The summed E-state index contributed by atoms with van der Waals surface area (Å²) in [5.41, 5.74) is 11.6. The minimum Gasteiger partial charge on any atom is -0.309 e. The molecule has 4 nitrogen and oxygen atoms in total. The molecule has 0 unspecified atom stereocenters. The van der Waals surface area contributed by atoms with E-state index in [1.54, 1.807) is 0 Å². The highest BCUT2D eigenvalue weighted by molar-refractivity contribution is 6.12. The molecular formula is C44H26N4. The number of rotatable bonds is 4. The summed E-state index contributed by atoms with van der Waals surface area (Å²) in [6.45, 7) is 8.07. The molecule has 0 fully saturated rings. The van der Waals surface area contributed by atoms with Gasteiger partial charge in [-0.05, 0) is 71.3 Å². The van der Waals surface area contributed by atoms with Crippen LogP contribution in [0, 0.1) is 17.9 Å². The van der Waals surface area contributed by atoms with Gasteiger partial charge in [0.1, 0.15) is 0 Å². The van der Waals surface area contributed by atoms with Crippen LogP contribution in [0.25, 0.3) is 82.1 Å². The van der Waals surface area contributed by atoms with Crippen molar-refractivity contribution in [2.24, 2.45) is 0 Å². The third kappa shape index (κ3) is 4.07. The van der Waals surface area contributed by atoms with Crippen molar-refractivity contribution in [1.82, 2.24) is 9.13 Å². The van der Waals surface area contributed by atoms with E-state index in [4.69, 9.17) is 6.57 Å². The first kappa shape index (κ1) is 27.4. The zero-order valence-corrected chi connectivity index (χ0v) is 25.8. The molecule has 0 amide bonds. The van der Waals surface area contributed by atoms with Crippen molar-refractivity contribution in [3.05, 3.63) is 175 Å². The SMILES string of the molecule is [C-]#[N+]c1ccc(-n2c3ccccc3c3ccccc32)cc1-c1cccc(-c2ccccc2-n2c3ccccc3c3c(C#N)cccc32)c1. The van der Waals surface area contributed by atoms with Gasteiger partial charge in [0.05, 0.1) is 46.0 Å². The molecule has 48 heavy (non-hydrogen) atoms. The van der Waals surface area contributed by atoms with Gasteiger partial charge in [-0.1, -0.05) is 103 Å². The van der Waals surface area contributed by atoms with Crippen molar-refractivity contribution >= 4 is 49.3 Å². The van der Waals surface area contributed by atoms with E-state index in [1.165, 1.54) is 10.8 Å². The second kappa shape index (κ2) is 10.9. The third-order valence-corrected chi connectivity index (χ3v) is 9.39. The molecule has 0 saturated heterocycles. The summed E-state index contributed by atoms with van der Waals surface area (Å²) in [4.78, 5) is 3.95. The van der Waals surface area contributed by atoms with Gasteiger partial charge in [0.25, 0.3) is 0 Å². The molecule has 0 N–H and O–H groups in total. The maximum Gasteiger partial charge on any atom is 0.195 e. The molecule has 0 atom stereocenters. The Morgan fingerprint density at radius 2 is 1.08 bits per heavy atom. The van der Waals surface area contributed by atoms with E-state index in [1.807, 2.05) is 36.4 Å². The van der Waals surface area contributed by atoms with Crippen molar-refractivity contribution in [2.75, 3.05) is 0 Å². The van der Waals surface area contributed by atoms with Crippen LogP contribution in [0.2, 0.25) is 0 Å². The fourth-order valence-corrected chi connectivity index (χ4v) is 7.33. The van der Waals surface area contributed by atoms with Gasteiger partial charge < -0.3 is 9.13 Å². The van der Waals surface area contributed by atoms with E-state index in [9.17, 15) is 5.26 Å². The zero-order chi connectivity index (χ0) is 32.2. The van der Waals surface area contributed by atoms with Gasteiger partial charge in [-0.2, -0.15) is 5.26 Å². The molecule has 4 heteroatoms. The monoisotopic (exact) mass is 610 g/mol. The first-order valence-electron chi connectivity index (χ1n) is 15.9. The number of nitriles is 1. The Hall–Kier alpha value is -6.88. The fourth-order valence-electron chi connectivity index (χ4n) is 7.33. The van der Waals surface area contributed by atoms with Crippen molar-refractivity contribution in [3.63, 3.8) is 0 Å². The van der Waals surface area contributed by atoms with E-state index >= 15 is 0 Å². The van der Waals surface area contributed by atoms with Crippen LogP contribution in [0.15, 0.2) is 158 Å². The molecule has 9 aromatic rings. The van der Waals surface area contributed by atoms with Crippen LogP contribution in [0.3, 0.4) is 0 Å². The summed E-state index contributed by atoms with van der Waals surface area (Å²) in [7, 11) is 0. The fraction of sp³-hybridized carbons (Fsp3) is 0. The predicted molar refractivity (Wildman–Crippen MR) is 197 cm³/mol. The molecule has 0 bridgehead atoms. The Labute approximate surface area is 277 Å². The van der Waals surface area contributed by atoms with Crippen molar-refractivity contribution in [3.8, 4) is 39.7 Å². The van der Waals surface area contributed by atoms with Crippen LogP contribution in [-0.2, 0) is 0 Å². The molecule has 0 radical (unpaired) electrons. The molecule has 2 aromatic heterocycles. The number of benzene rings is 7. The lowest BCUT2D eigenvalue weighted by Gasteiger charge is -2.16. The Kier molecular flexibility index (Phi) is 6.22. The van der Waals surface area contributed by atoms with E-state index in [0.717, 1.165) is 66.5 Å². The van der Waals surface area contributed by atoms with Crippen LogP contribution in [0.5, 0.6) is 0 Å². The van der Waals surface area contributed by atoms with E-state index in [-0.39, 0.29) is 0 Å². The van der Waals surface area contributed by atoms with Crippen LogP contribution in [0.1, 0.15) is 5.56 Å². The number of nitrogens with zero attached hydrogens (tertiary/aromatic N) is 4. The van der Waals surface area contributed by atoms with Crippen molar-refractivity contribution in [1.29, 1.82) is 5.26 Å². The molecule has 2 heterocycles.